The van der Waals surface area contributed by atoms with E-state index in [1.54, 1.807) is 39.9 Å². The topological polar surface area (TPSA) is 75.9 Å². The summed E-state index contributed by atoms with van der Waals surface area (Å²) >= 11 is 18.9. The molecule has 0 atom stereocenters. The van der Waals surface area contributed by atoms with Crippen molar-refractivity contribution in [2.75, 3.05) is 13.1 Å². The Kier molecular flexibility index (Phi) is 6.51. The van der Waals surface area contributed by atoms with Crippen LogP contribution in [0.4, 0.5) is 0 Å². The molecule has 1 saturated heterocycles. The fourth-order valence-corrected chi connectivity index (χ4v) is 5.60. The number of likely N-dealkylation sites (tertiary alicyclic amines) is 1. The van der Waals surface area contributed by atoms with Crippen molar-refractivity contribution < 1.29 is 4.79 Å². The van der Waals surface area contributed by atoms with Crippen LogP contribution in [0.1, 0.15) is 29.4 Å². The molecule has 2 aromatic heterocycles. The maximum atomic E-state index is 13.8. The van der Waals surface area contributed by atoms with Crippen molar-refractivity contribution in [1.82, 2.24) is 24.2 Å². The fraction of sp³-hybridized carbons (Fsp3) is 0.179. The maximum absolute atomic E-state index is 13.8. The van der Waals surface area contributed by atoms with Gasteiger partial charge in [-0.3, -0.25) is 9.36 Å². The van der Waals surface area contributed by atoms with E-state index in [1.165, 1.54) is 0 Å². The van der Waals surface area contributed by atoms with Crippen LogP contribution in [0, 0.1) is 0 Å². The van der Waals surface area contributed by atoms with E-state index in [9.17, 15) is 9.59 Å². The highest BCUT2D eigenvalue weighted by atomic mass is 35.5. The van der Waals surface area contributed by atoms with Crippen LogP contribution in [-0.4, -0.2) is 43.2 Å². The van der Waals surface area contributed by atoms with Gasteiger partial charge in [0, 0.05) is 24.7 Å². The van der Waals surface area contributed by atoms with E-state index in [0.29, 0.717) is 58.1 Å². The molecule has 0 aliphatic carbocycles. The molecule has 1 amide bonds. The van der Waals surface area contributed by atoms with E-state index in [-0.39, 0.29) is 17.6 Å². The highest BCUT2D eigenvalue weighted by Crippen LogP contribution is 2.32. The Labute approximate surface area is 233 Å². The van der Waals surface area contributed by atoms with Crippen LogP contribution in [0.2, 0.25) is 15.1 Å². The molecule has 3 heterocycles. The van der Waals surface area contributed by atoms with Crippen molar-refractivity contribution in [1.29, 1.82) is 0 Å². The Morgan fingerprint density at radius 1 is 0.868 bits per heavy atom. The Bertz CT molecular complexity index is 1730. The first-order valence-corrected chi connectivity index (χ1v) is 13.3. The number of piperidine rings is 1. The second kappa shape index (κ2) is 9.98. The van der Waals surface area contributed by atoms with Gasteiger partial charge in [0.2, 0.25) is 0 Å². The van der Waals surface area contributed by atoms with Gasteiger partial charge in [-0.2, -0.15) is 5.10 Å². The SMILES string of the molecule is O=C(c1cc(-c2ccccc2Cl)nn1-c1ccc(Cl)c(Cl)c1)N1CCC(n2c(=O)[nH]c3ccccc32)CC1. The number of para-hydroxylation sites is 2. The zero-order chi connectivity index (χ0) is 26.4. The van der Waals surface area contributed by atoms with E-state index >= 15 is 0 Å². The molecule has 0 spiro atoms. The molecule has 192 valence electrons. The second-order valence-corrected chi connectivity index (χ2v) is 10.5. The van der Waals surface area contributed by atoms with E-state index < -0.39 is 0 Å². The van der Waals surface area contributed by atoms with Crippen LogP contribution < -0.4 is 5.69 Å². The number of aromatic nitrogens is 4. The van der Waals surface area contributed by atoms with Crippen LogP contribution in [0.25, 0.3) is 28.0 Å². The molecular formula is C28H22Cl3N5O2. The number of amides is 1. The van der Waals surface area contributed by atoms with Crippen LogP contribution >= 0.6 is 34.8 Å². The monoisotopic (exact) mass is 565 g/mol. The van der Waals surface area contributed by atoms with Crippen molar-refractivity contribution in [3.63, 3.8) is 0 Å². The van der Waals surface area contributed by atoms with Crippen molar-refractivity contribution in [2.45, 2.75) is 18.9 Å². The Balaban J connectivity index is 1.32. The summed E-state index contributed by atoms with van der Waals surface area (Å²) in [6, 6.07) is 21.9. The van der Waals surface area contributed by atoms with Gasteiger partial charge in [-0.05, 0) is 55.3 Å². The number of aromatic amines is 1. The Hall–Kier alpha value is -3.52. The minimum absolute atomic E-state index is 0.00127. The highest BCUT2D eigenvalue weighted by Gasteiger charge is 2.29. The summed E-state index contributed by atoms with van der Waals surface area (Å²) in [5, 5.41) is 6.05. The molecule has 0 unspecified atom stereocenters. The summed E-state index contributed by atoms with van der Waals surface area (Å²) < 4.78 is 3.39. The number of fused-ring (bicyclic) bond motifs is 1. The zero-order valence-corrected chi connectivity index (χ0v) is 22.3. The number of nitrogens with one attached hydrogen (secondary N) is 1. The first-order chi connectivity index (χ1) is 18.4. The smallest absolute Gasteiger partial charge is 0.326 e. The lowest BCUT2D eigenvalue weighted by Gasteiger charge is -2.32. The minimum atomic E-state index is -0.161. The number of imidazole rings is 1. The first kappa shape index (κ1) is 24.8. The zero-order valence-electron chi connectivity index (χ0n) is 20.1. The van der Waals surface area contributed by atoms with E-state index in [2.05, 4.69) is 4.98 Å². The van der Waals surface area contributed by atoms with Gasteiger partial charge in [0.15, 0.2) is 0 Å². The normalized spacial score (nSPS) is 14.3. The average Bonchev–Trinajstić information content (AvgIpc) is 3.51. The number of nitrogens with zero attached hydrogens (tertiary/aromatic N) is 4. The number of carbonyl (C=O) groups is 1. The van der Waals surface area contributed by atoms with Gasteiger partial charge < -0.3 is 9.88 Å². The van der Waals surface area contributed by atoms with Gasteiger partial charge in [-0.25, -0.2) is 9.48 Å². The first-order valence-electron chi connectivity index (χ1n) is 12.2. The largest absolute Gasteiger partial charge is 0.337 e. The van der Waals surface area contributed by atoms with Crippen LogP contribution in [-0.2, 0) is 0 Å². The predicted octanol–water partition coefficient (Wildman–Crippen LogP) is 6.62. The number of hydrogen-bond acceptors (Lipinski definition) is 3. The lowest BCUT2D eigenvalue weighted by atomic mass is 10.0. The van der Waals surface area contributed by atoms with Crippen LogP contribution in [0.5, 0.6) is 0 Å². The highest BCUT2D eigenvalue weighted by molar-refractivity contribution is 6.42. The third kappa shape index (κ3) is 4.41. The standard InChI is InChI=1S/C28H22Cl3N5O2/c29-20-6-2-1-5-19(20)24-16-26(36(33-24)18-9-10-21(30)22(31)15-18)27(37)34-13-11-17(12-14-34)35-25-8-4-3-7-23(25)32-28(35)38/h1-10,15-17H,11-14H2,(H,32,38). The maximum Gasteiger partial charge on any atom is 0.326 e. The van der Waals surface area contributed by atoms with E-state index in [1.807, 2.05) is 47.0 Å². The molecule has 1 aliphatic heterocycles. The molecule has 0 saturated carbocycles. The molecule has 0 radical (unpaired) electrons. The van der Waals surface area contributed by atoms with Crippen LogP contribution in [0.3, 0.4) is 0 Å². The molecule has 10 heteroatoms. The van der Waals surface area contributed by atoms with Gasteiger partial charge in [0.1, 0.15) is 5.69 Å². The lowest BCUT2D eigenvalue weighted by Crippen LogP contribution is -2.41. The van der Waals surface area contributed by atoms with Gasteiger partial charge in [0.05, 0.1) is 37.5 Å². The molecule has 1 fully saturated rings. The predicted molar refractivity (Wildman–Crippen MR) is 151 cm³/mol. The van der Waals surface area contributed by atoms with Gasteiger partial charge in [-0.15, -0.1) is 0 Å². The second-order valence-electron chi connectivity index (χ2n) is 9.25. The van der Waals surface area contributed by atoms with Crippen molar-refractivity contribution in [3.8, 4) is 16.9 Å². The molecule has 1 aliphatic rings. The summed E-state index contributed by atoms with van der Waals surface area (Å²) in [7, 11) is 0. The number of carbonyl (C=O) groups excluding carboxylic acids is 1. The summed E-state index contributed by atoms with van der Waals surface area (Å²) in [6.45, 7) is 1.01. The molecule has 0 bridgehead atoms. The lowest BCUT2D eigenvalue weighted by molar-refractivity contribution is 0.0685. The minimum Gasteiger partial charge on any atom is -0.337 e. The summed E-state index contributed by atoms with van der Waals surface area (Å²) in [6.07, 6.45) is 1.32. The van der Waals surface area contributed by atoms with Gasteiger partial charge >= 0.3 is 5.69 Å². The van der Waals surface area contributed by atoms with Crippen LogP contribution in [0.15, 0.2) is 77.6 Å². The fourth-order valence-electron chi connectivity index (χ4n) is 5.07. The molecule has 3 aromatic carbocycles. The summed E-state index contributed by atoms with van der Waals surface area (Å²) in [5.74, 6) is -0.161. The average molecular weight is 567 g/mol. The Morgan fingerprint density at radius 3 is 2.37 bits per heavy atom. The quantitative estimate of drug-likeness (QED) is 0.266. The molecule has 6 rings (SSSR count). The summed E-state index contributed by atoms with van der Waals surface area (Å²) in [5.41, 5.74) is 3.86. The number of halogens is 3. The molecule has 1 N–H and O–H groups in total. The third-order valence-electron chi connectivity index (χ3n) is 6.97. The van der Waals surface area contributed by atoms with Gasteiger partial charge in [0.25, 0.3) is 5.91 Å². The third-order valence-corrected chi connectivity index (χ3v) is 8.04. The molecule has 7 nitrogen and oxygen atoms in total. The summed E-state index contributed by atoms with van der Waals surface area (Å²) in [4.78, 5) is 31.3. The van der Waals surface area contributed by atoms with E-state index in [4.69, 9.17) is 39.9 Å². The number of H-pyrrole nitrogens is 1. The van der Waals surface area contributed by atoms with E-state index in [0.717, 1.165) is 16.6 Å². The van der Waals surface area contributed by atoms with Crippen molar-refractivity contribution >= 4 is 51.7 Å². The molecule has 38 heavy (non-hydrogen) atoms. The number of benzene rings is 3. The van der Waals surface area contributed by atoms with Crippen molar-refractivity contribution in [3.05, 3.63) is 104 Å². The molecule has 5 aromatic rings. The Morgan fingerprint density at radius 2 is 1.61 bits per heavy atom. The van der Waals surface area contributed by atoms with Gasteiger partial charge in [-0.1, -0.05) is 65.1 Å². The number of hydrogen-bond donors (Lipinski definition) is 1. The van der Waals surface area contributed by atoms with Crippen molar-refractivity contribution in [2.24, 2.45) is 0 Å². The number of rotatable bonds is 4. The molecular weight excluding hydrogens is 545 g/mol.